The van der Waals surface area contributed by atoms with Gasteiger partial charge in [0.2, 0.25) is 0 Å². The number of esters is 1. The maximum absolute atomic E-state index is 11.5. The molecule has 0 saturated carbocycles. The summed E-state index contributed by atoms with van der Waals surface area (Å²) in [5.74, 6) is -0.126. The maximum Gasteiger partial charge on any atom is 0.305 e. The van der Waals surface area contributed by atoms with Crippen LogP contribution in [0.25, 0.3) is 16.7 Å². The topological polar surface area (TPSA) is 77.2 Å². The Bertz CT molecular complexity index is 1010. The fraction of sp³-hybridized carbons (Fsp3) is 0.350. The predicted molar refractivity (Wildman–Crippen MR) is 107 cm³/mol. The van der Waals surface area contributed by atoms with Gasteiger partial charge in [-0.15, -0.1) is 15.0 Å². The molecule has 0 amide bonds. The summed E-state index contributed by atoms with van der Waals surface area (Å²) in [6.07, 6.45) is 0.779. The molecule has 0 fully saturated rings. The summed E-state index contributed by atoms with van der Waals surface area (Å²) in [5, 5.41) is 19.9. The van der Waals surface area contributed by atoms with E-state index < -0.39 is 0 Å². The van der Waals surface area contributed by atoms with Gasteiger partial charge in [-0.3, -0.25) is 4.79 Å². The van der Waals surface area contributed by atoms with Crippen LogP contribution in [0.1, 0.15) is 38.3 Å². The van der Waals surface area contributed by atoms with E-state index in [1.54, 1.807) is 0 Å². The standard InChI is InChI=1S/C20H22BrN3O3/c1-20(2,3)14-9-12(5-8-18(25)27-4)10-17(19(14)26)24-22-15-7-6-13(21)11-16(15)23-24/h6-7,9-11,26H,5,8H2,1-4H3. The molecule has 0 unspecified atom stereocenters. The lowest BCUT2D eigenvalue weighted by molar-refractivity contribution is -0.140. The van der Waals surface area contributed by atoms with Crippen molar-refractivity contribution >= 4 is 32.9 Å². The van der Waals surface area contributed by atoms with Crippen LogP contribution in [0.3, 0.4) is 0 Å². The second-order valence-corrected chi connectivity index (χ2v) is 8.38. The Morgan fingerprint density at radius 1 is 1.19 bits per heavy atom. The van der Waals surface area contributed by atoms with Crippen LogP contribution in [0.5, 0.6) is 5.75 Å². The third kappa shape index (κ3) is 4.13. The number of carbonyl (C=O) groups excluding carboxylic acids is 1. The van der Waals surface area contributed by atoms with Gasteiger partial charge in [-0.1, -0.05) is 42.8 Å². The highest BCUT2D eigenvalue weighted by atomic mass is 79.9. The minimum atomic E-state index is -0.282. The number of aromatic hydroxyl groups is 1. The molecule has 0 saturated heterocycles. The highest BCUT2D eigenvalue weighted by Crippen LogP contribution is 2.36. The first-order valence-electron chi connectivity index (χ1n) is 8.65. The number of fused-ring (bicyclic) bond motifs is 1. The van der Waals surface area contributed by atoms with Gasteiger partial charge in [-0.05, 0) is 41.7 Å². The summed E-state index contributed by atoms with van der Waals surface area (Å²) in [6, 6.07) is 9.39. The number of aromatic nitrogens is 3. The fourth-order valence-corrected chi connectivity index (χ4v) is 3.24. The SMILES string of the molecule is COC(=O)CCc1cc(-n2nc3ccc(Br)cc3n2)c(O)c(C(C)(C)C)c1. The minimum absolute atomic E-state index is 0.142. The minimum Gasteiger partial charge on any atom is -0.505 e. The van der Waals surface area contributed by atoms with Crippen LogP contribution < -0.4 is 0 Å². The van der Waals surface area contributed by atoms with Crippen LogP contribution in [-0.2, 0) is 21.4 Å². The Morgan fingerprint density at radius 2 is 1.89 bits per heavy atom. The Morgan fingerprint density at radius 3 is 2.56 bits per heavy atom. The van der Waals surface area contributed by atoms with E-state index in [1.165, 1.54) is 11.9 Å². The van der Waals surface area contributed by atoms with Gasteiger partial charge in [0.05, 0.1) is 7.11 Å². The molecule has 1 aromatic heterocycles. The number of phenolic OH excluding ortho intramolecular Hbond substituents is 1. The summed E-state index contributed by atoms with van der Waals surface area (Å²) < 4.78 is 5.65. The lowest BCUT2D eigenvalue weighted by Crippen LogP contribution is -2.14. The number of benzene rings is 2. The van der Waals surface area contributed by atoms with Crippen LogP contribution >= 0.6 is 15.9 Å². The van der Waals surface area contributed by atoms with E-state index in [1.807, 2.05) is 51.1 Å². The molecule has 0 bridgehead atoms. The molecular formula is C20H22BrN3O3. The van der Waals surface area contributed by atoms with Crippen molar-refractivity contribution in [2.75, 3.05) is 7.11 Å². The normalized spacial score (nSPS) is 11.7. The number of aryl methyl sites for hydroxylation is 1. The molecule has 0 aliphatic heterocycles. The molecule has 7 heteroatoms. The summed E-state index contributed by atoms with van der Waals surface area (Å²) in [4.78, 5) is 13.0. The Hall–Kier alpha value is -2.41. The second kappa shape index (κ2) is 7.31. The predicted octanol–water partition coefficient (Wildman–Crippen LogP) is 4.29. The van der Waals surface area contributed by atoms with Gasteiger partial charge in [0.15, 0.2) is 0 Å². The van der Waals surface area contributed by atoms with E-state index in [0.29, 0.717) is 12.1 Å². The fourth-order valence-electron chi connectivity index (χ4n) is 2.89. The molecule has 27 heavy (non-hydrogen) atoms. The molecule has 1 heterocycles. The van der Waals surface area contributed by atoms with Gasteiger partial charge in [0.25, 0.3) is 0 Å². The molecule has 142 valence electrons. The third-order valence-corrected chi connectivity index (χ3v) is 4.85. The molecule has 1 N–H and O–H groups in total. The smallest absolute Gasteiger partial charge is 0.305 e. The van der Waals surface area contributed by atoms with E-state index >= 15 is 0 Å². The van der Waals surface area contributed by atoms with Gasteiger partial charge in [0, 0.05) is 16.5 Å². The van der Waals surface area contributed by atoms with Crippen LogP contribution in [-0.4, -0.2) is 33.2 Å². The highest BCUT2D eigenvalue weighted by molar-refractivity contribution is 9.10. The van der Waals surface area contributed by atoms with Crippen molar-refractivity contribution in [3.63, 3.8) is 0 Å². The van der Waals surface area contributed by atoms with Crippen LogP contribution in [0.4, 0.5) is 0 Å². The van der Waals surface area contributed by atoms with Crippen molar-refractivity contribution < 1.29 is 14.6 Å². The molecule has 0 atom stereocenters. The van der Waals surface area contributed by atoms with Crippen molar-refractivity contribution in [1.82, 2.24) is 15.0 Å². The molecule has 3 rings (SSSR count). The van der Waals surface area contributed by atoms with Gasteiger partial charge in [0.1, 0.15) is 22.5 Å². The Kier molecular flexibility index (Phi) is 5.24. The Labute approximate surface area is 166 Å². The molecule has 2 aromatic carbocycles. The number of halogens is 1. The van der Waals surface area contributed by atoms with Crippen LogP contribution in [0.2, 0.25) is 0 Å². The molecule has 0 aliphatic carbocycles. The van der Waals surface area contributed by atoms with Crippen molar-refractivity contribution in [2.24, 2.45) is 0 Å². The van der Waals surface area contributed by atoms with Gasteiger partial charge in [-0.25, -0.2) is 0 Å². The molecule has 6 nitrogen and oxygen atoms in total. The zero-order valence-corrected chi connectivity index (χ0v) is 17.4. The van der Waals surface area contributed by atoms with E-state index in [2.05, 4.69) is 26.1 Å². The number of methoxy groups -OCH3 is 1. The monoisotopic (exact) mass is 431 g/mol. The zero-order valence-electron chi connectivity index (χ0n) is 15.8. The summed E-state index contributed by atoms with van der Waals surface area (Å²) in [7, 11) is 1.38. The third-order valence-electron chi connectivity index (χ3n) is 4.36. The van der Waals surface area contributed by atoms with E-state index in [0.717, 1.165) is 26.6 Å². The Balaban J connectivity index is 2.12. The molecule has 3 aromatic rings. The van der Waals surface area contributed by atoms with Crippen molar-refractivity contribution in [1.29, 1.82) is 0 Å². The van der Waals surface area contributed by atoms with E-state index in [4.69, 9.17) is 4.74 Å². The van der Waals surface area contributed by atoms with Gasteiger partial charge in [-0.2, -0.15) is 0 Å². The number of hydrogen-bond donors (Lipinski definition) is 1. The lowest BCUT2D eigenvalue weighted by atomic mass is 9.84. The number of hydrogen-bond acceptors (Lipinski definition) is 5. The number of carbonyl (C=O) groups is 1. The summed E-state index contributed by atoms with van der Waals surface area (Å²) in [5.41, 5.74) is 3.36. The van der Waals surface area contributed by atoms with Gasteiger partial charge < -0.3 is 9.84 Å². The van der Waals surface area contributed by atoms with Crippen molar-refractivity contribution in [2.45, 2.75) is 39.0 Å². The first kappa shape index (κ1) is 19.4. The first-order chi connectivity index (χ1) is 12.7. The maximum atomic E-state index is 11.5. The first-order valence-corrected chi connectivity index (χ1v) is 9.44. The molecule has 0 spiro atoms. The van der Waals surface area contributed by atoms with E-state index in [9.17, 15) is 9.90 Å². The highest BCUT2D eigenvalue weighted by Gasteiger charge is 2.23. The average Bonchev–Trinajstić information content (AvgIpc) is 3.02. The summed E-state index contributed by atoms with van der Waals surface area (Å²) >= 11 is 3.43. The molecule has 0 radical (unpaired) electrons. The van der Waals surface area contributed by atoms with Crippen molar-refractivity contribution in [3.8, 4) is 11.4 Å². The molecular weight excluding hydrogens is 410 g/mol. The summed E-state index contributed by atoms with van der Waals surface area (Å²) in [6.45, 7) is 6.08. The number of ether oxygens (including phenoxy) is 1. The number of rotatable bonds is 4. The van der Waals surface area contributed by atoms with Crippen LogP contribution in [0, 0.1) is 0 Å². The number of nitrogens with zero attached hydrogens (tertiary/aromatic N) is 3. The number of phenols is 1. The lowest BCUT2D eigenvalue weighted by Gasteiger charge is -2.23. The quantitative estimate of drug-likeness (QED) is 0.623. The largest absolute Gasteiger partial charge is 0.505 e. The second-order valence-electron chi connectivity index (χ2n) is 7.46. The van der Waals surface area contributed by atoms with E-state index in [-0.39, 0.29) is 23.6 Å². The zero-order chi connectivity index (χ0) is 19.8. The van der Waals surface area contributed by atoms with Gasteiger partial charge >= 0.3 is 5.97 Å². The molecule has 0 aliphatic rings. The van der Waals surface area contributed by atoms with Crippen molar-refractivity contribution in [3.05, 3.63) is 45.9 Å². The average molecular weight is 432 g/mol. The van der Waals surface area contributed by atoms with Crippen LogP contribution in [0.15, 0.2) is 34.8 Å².